The van der Waals surface area contributed by atoms with Crippen LogP contribution < -0.4 is 0 Å². The predicted octanol–water partition coefficient (Wildman–Crippen LogP) is 5.81. The van der Waals surface area contributed by atoms with Crippen molar-refractivity contribution in [3.05, 3.63) is 119 Å². The van der Waals surface area contributed by atoms with Crippen LogP contribution >= 0.6 is 0 Å². The van der Waals surface area contributed by atoms with Gasteiger partial charge in [0.1, 0.15) is 18.3 Å². The Labute approximate surface area is 218 Å². The zero-order valence-electron chi connectivity index (χ0n) is 21.2. The first-order chi connectivity index (χ1) is 18.2. The maximum atomic E-state index is 11.2. The molecule has 0 spiro atoms. The van der Waals surface area contributed by atoms with Crippen LogP contribution in [0.5, 0.6) is 0 Å². The van der Waals surface area contributed by atoms with Crippen molar-refractivity contribution in [2.45, 2.75) is 57.8 Å². The Kier molecular flexibility index (Phi) is 8.61. The van der Waals surface area contributed by atoms with Gasteiger partial charge < -0.3 is 24.1 Å². The van der Waals surface area contributed by atoms with Crippen molar-refractivity contribution in [2.75, 3.05) is 6.61 Å². The molecule has 0 radical (unpaired) electrons. The molecule has 4 atom stereocenters. The summed E-state index contributed by atoms with van der Waals surface area (Å²) in [6.45, 7) is 3.68. The Hall–Kier alpha value is -3.06. The second-order valence-corrected chi connectivity index (χ2v) is 9.59. The van der Waals surface area contributed by atoms with Crippen LogP contribution in [-0.4, -0.2) is 36.1 Å². The highest BCUT2D eigenvalue weighted by Gasteiger charge is 2.36. The van der Waals surface area contributed by atoms with Gasteiger partial charge in [0, 0.05) is 0 Å². The molecule has 1 N–H and O–H groups in total. The maximum Gasteiger partial charge on any atom is 0.115 e. The molecule has 0 aliphatic carbocycles. The molecule has 37 heavy (non-hydrogen) atoms. The number of fused-ring (bicyclic) bond motifs is 2. The van der Waals surface area contributed by atoms with Crippen LogP contribution in [0.4, 0.5) is 0 Å². The average molecular weight is 499 g/mol. The van der Waals surface area contributed by atoms with E-state index in [0.717, 1.165) is 33.0 Å². The van der Waals surface area contributed by atoms with Gasteiger partial charge in [-0.1, -0.05) is 84.9 Å². The Bertz CT molecular complexity index is 1260. The van der Waals surface area contributed by atoms with Crippen LogP contribution in [0.25, 0.3) is 10.8 Å². The summed E-state index contributed by atoms with van der Waals surface area (Å²) in [7, 11) is 0. The first-order valence-corrected chi connectivity index (χ1v) is 12.9. The standard InChI is InChI=1S/C32H34O5/c1-23(35-18-24-10-4-2-5-11-24)31-32(36-19-25-12-6-3-7-13-25)30(33)22-34-20-28-16-26-14-8-9-15-27(26)17-29(28)21-37-31/h2-17,23,30-33H,18-22H2,1H3/t23-,30?,31?,32-/m1/s1. The van der Waals surface area contributed by atoms with Crippen LogP contribution in [0.15, 0.2) is 97.1 Å². The molecule has 1 aliphatic heterocycles. The van der Waals surface area contributed by atoms with Gasteiger partial charge in [-0.05, 0) is 52.1 Å². The van der Waals surface area contributed by atoms with Gasteiger partial charge >= 0.3 is 0 Å². The molecule has 4 aromatic rings. The van der Waals surface area contributed by atoms with Gasteiger partial charge in [0.2, 0.25) is 0 Å². The summed E-state index contributed by atoms with van der Waals surface area (Å²) in [4.78, 5) is 0. The second kappa shape index (κ2) is 12.5. The Balaban J connectivity index is 1.40. The zero-order chi connectivity index (χ0) is 25.5. The van der Waals surface area contributed by atoms with Gasteiger partial charge in [-0.3, -0.25) is 0 Å². The second-order valence-electron chi connectivity index (χ2n) is 9.59. The number of rotatable bonds is 7. The topological polar surface area (TPSA) is 57.2 Å². The van der Waals surface area contributed by atoms with Crippen molar-refractivity contribution in [3.63, 3.8) is 0 Å². The molecule has 0 fully saturated rings. The lowest BCUT2D eigenvalue weighted by atomic mass is 10.00. The van der Waals surface area contributed by atoms with Gasteiger partial charge in [-0.15, -0.1) is 0 Å². The normalized spacial score (nSPS) is 21.3. The summed E-state index contributed by atoms with van der Waals surface area (Å²) in [5, 5.41) is 13.5. The van der Waals surface area contributed by atoms with Gasteiger partial charge in [0.25, 0.3) is 0 Å². The summed E-state index contributed by atoms with van der Waals surface area (Å²) in [6, 6.07) is 32.6. The fourth-order valence-corrected chi connectivity index (χ4v) is 4.76. The number of hydrogen-bond donors (Lipinski definition) is 1. The van der Waals surface area contributed by atoms with E-state index in [2.05, 4.69) is 24.3 Å². The summed E-state index contributed by atoms with van der Waals surface area (Å²) >= 11 is 0. The summed E-state index contributed by atoms with van der Waals surface area (Å²) in [6.07, 6.45) is -2.35. The maximum absolute atomic E-state index is 11.2. The smallest absolute Gasteiger partial charge is 0.115 e. The molecule has 0 amide bonds. The highest BCUT2D eigenvalue weighted by Crippen LogP contribution is 2.26. The minimum Gasteiger partial charge on any atom is -0.388 e. The van der Waals surface area contributed by atoms with E-state index in [1.54, 1.807) is 0 Å². The molecular formula is C32H34O5. The van der Waals surface area contributed by atoms with Crippen LogP contribution in [0.1, 0.15) is 29.2 Å². The van der Waals surface area contributed by atoms with Crippen molar-refractivity contribution in [3.8, 4) is 0 Å². The Morgan fingerprint density at radius 1 is 0.784 bits per heavy atom. The Morgan fingerprint density at radius 2 is 1.35 bits per heavy atom. The third-order valence-corrected chi connectivity index (χ3v) is 6.85. The number of hydrogen-bond acceptors (Lipinski definition) is 5. The van der Waals surface area contributed by atoms with Crippen LogP contribution in [0, 0.1) is 0 Å². The molecule has 0 aromatic heterocycles. The van der Waals surface area contributed by atoms with Gasteiger partial charge in [0.05, 0.1) is 39.1 Å². The monoisotopic (exact) mass is 498 g/mol. The molecule has 2 unspecified atom stereocenters. The van der Waals surface area contributed by atoms with Gasteiger partial charge in [-0.25, -0.2) is 0 Å². The largest absolute Gasteiger partial charge is 0.388 e. The number of aliphatic hydroxyl groups excluding tert-OH is 1. The fourth-order valence-electron chi connectivity index (χ4n) is 4.76. The molecule has 1 heterocycles. The molecule has 5 rings (SSSR count). The van der Waals surface area contributed by atoms with E-state index in [4.69, 9.17) is 18.9 Å². The molecule has 5 nitrogen and oxygen atoms in total. The van der Waals surface area contributed by atoms with Crippen molar-refractivity contribution < 1.29 is 24.1 Å². The summed E-state index contributed by atoms with van der Waals surface area (Å²) < 4.78 is 25.2. The van der Waals surface area contributed by atoms with Crippen LogP contribution in [-0.2, 0) is 45.4 Å². The Morgan fingerprint density at radius 3 is 2.00 bits per heavy atom. The highest BCUT2D eigenvalue weighted by atomic mass is 16.6. The summed E-state index contributed by atoms with van der Waals surface area (Å²) in [5.41, 5.74) is 4.24. The lowest BCUT2D eigenvalue weighted by Gasteiger charge is -2.35. The van der Waals surface area contributed by atoms with Crippen LogP contribution in [0.2, 0.25) is 0 Å². The van der Waals surface area contributed by atoms with E-state index in [1.165, 1.54) is 0 Å². The predicted molar refractivity (Wildman–Crippen MR) is 144 cm³/mol. The van der Waals surface area contributed by atoms with Crippen molar-refractivity contribution in [1.29, 1.82) is 0 Å². The minimum absolute atomic E-state index is 0.136. The first kappa shape index (κ1) is 25.6. The zero-order valence-corrected chi connectivity index (χ0v) is 21.2. The molecule has 192 valence electrons. The number of aliphatic hydroxyl groups is 1. The number of ether oxygens (including phenoxy) is 4. The summed E-state index contributed by atoms with van der Waals surface area (Å²) in [5.74, 6) is 0. The minimum atomic E-state index is -0.876. The van der Waals surface area contributed by atoms with E-state index in [1.807, 2.05) is 79.7 Å². The molecular weight excluding hydrogens is 464 g/mol. The third-order valence-electron chi connectivity index (χ3n) is 6.85. The molecule has 0 bridgehead atoms. The van der Waals surface area contributed by atoms with E-state index >= 15 is 0 Å². The quantitative estimate of drug-likeness (QED) is 0.349. The SMILES string of the molecule is C[C@@H](OCc1ccccc1)C1OCc2cc3ccccc3cc2COCC(O)[C@H]1OCc1ccccc1. The fraction of sp³-hybridized carbons (Fsp3) is 0.312. The van der Waals surface area contributed by atoms with E-state index in [-0.39, 0.29) is 12.7 Å². The first-order valence-electron chi connectivity index (χ1n) is 12.9. The van der Waals surface area contributed by atoms with Crippen LogP contribution in [0.3, 0.4) is 0 Å². The lowest BCUT2D eigenvalue weighted by molar-refractivity contribution is -0.185. The molecule has 0 saturated carbocycles. The van der Waals surface area contributed by atoms with Crippen molar-refractivity contribution in [1.82, 2.24) is 0 Å². The number of benzene rings is 4. The molecule has 0 saturated heterocycles. The highest BCUT2D eigenvalue weighted by molar-refractivity contribution is 5.84. The van der Waals surface area contributed by atoms with Crippen molar-refractivity contribution in [2.24, 2.45) is 0 Å². The molecule has 4 aromatic carbocycles. The molecule has 1 aliphatic rings. The molecule has 5 heteroatoms. The lowest BCUT2D eigenvalue weighted by Crippen LogP contribution is -2.49. The van der Waals surface area contributed by atoms with E-state index < -0.39 is 18.3 Å². The van der Waals surface area contributed by atoms with Gasteiger partial charge in [-0.2, -0.15) is 0 Å². The average Bonchev–Trinajstić information content (AvgIpc) is 2.94. The van der Waals surface area contributed by atoms with Crippen molar-refractivity contribution >= 4 is 10.8 Å². The van der Waals surface area contributed by atoms with E-state index in [0.29, 0.717) is 26.4 Å². The third kappa shape index (κ3) is 6.63. The van der Waals surface area contributed by atoms with E-state index in [9.17, 15) is 5.11 Å². The van der Waals surface area contributed by atoms with Gasteiger partial charge in [0.15, 0.2) is 0 Å².